The molecule has 0 bridgehead atoms. The van der Waals surface area contributed by atoms with Crippen LogP contribution in [0.3, 0.4) is 0 Å². The van der Waals surface area contributed by atoms with Gasteiger partial charge < -0.3 is 15.1 Å². The summed E-state index contributed by atoms with van der Waals surface area (Å²) in [5, 5.41) is 19.1. The van der Waals surface area contributed by atoms with Crippen molar-refractivity contribution in [2.45, 2.75) is 17.2 Å². The van der Waals surface area contributed by atoms with Gasteiger partial charge in [-0.3, -0.25) is 0 Å². The molecule has 0 saturated heterocycles. The maximum Gasteiger partial charge on any atom is 0.335 e. The smallest absolute Gasteiger partial charge is 0.335 e. The van der Waals surface area contributed by atoms with E-state index in [-0.39, 0.29) is 16.7 Å². The second-order valence-electron chi connectivity index (χ2n) is 5.20. The lowest BCUT2D eigenvalue weighted by Gasteiger charge is -2.22. The van der Waals surface area contributed by atoms with Crippen LogP contribution in [0.5, 0.6) is 5.75 Å². The van der Waals surface area contributed by atoms with Gasteiger partial charge in [-0.15, -0.1) is 0 Å². The van der Waals surface area contributed by atoms with Gasteiger partial charge in [0.25, 0.3) is 0 Å². The number of benzene rings is 2. The number of hydrogen-bond acceptors (Lipinski definition) is 4. The normalized spacial score (nSPS) is 16.7. The summed E-state index contributed by atoms with van der Waals surface area (Å²) in [4.78, 5) is 14.6. The fourth-order valence-electron chi connectivity index (χ4n) is 2.63. The highest BCUT2D eigenvalue weighted by atomic mass is 32.2. The SMILES string of the molecule is CCN1c2ccccc2SC1/C=C/c1cc(C(=O)O)ccc1O. The molecule has 0 aromatic heterocycles. The van der Waals surface area contributed by atoms with Crippen molar-refractivity contribution in [3.05, 3.63) is 59.7 Å². The van der Waals surface area contributed by atoms with Crippen molar-refractivity contribution in [1.82, 2.24) is 0 Å². The molecular formula is C18H17NO3S. The highest BCUT2D eigenvalue weighted by Crippen LogP contribution is 2.43. The van der Waals surface area contributed by atoms with E-state index in [2.05, 4.69) is 24.0 Å². The summed E-state index contributed by atoms with van der Waals surface area (Å²) in [5.74, 6) is -0.924. The molecule has 5 heteroatoms. The average Bonchev–Trinajstić information content (AvgIpc) is 2.91. The van der Waals surface area contributed by atoms with Crippen LogP contribution >= 0.6 is 11.8 Å². The lowest BCUT2D eigenvalue weighted by atomic mass is 10.1. The first-order valence-electron chi connectivity index (χ1n) is 7.37. The number of anilines is 1. The Morgan fingerprint density at radius 1 is 1.30 bits per heavy atom. The summed E-state index contributed by atoms with van der Waals surface area (Å²) >= 11 is 1.75. The van der Waals surface area contributed by atoms with Gasteiger partial charge in [-0.2, -0.15) is 0 Å². The highest BCUT2D eigenvalue weighted by Gasteiger charge is 2.26. The first kappa shape index (κ1) is 15.5. The van der Waals surface area contributed by atoms with Gasteiger partial charge in [-0.05, 0) is 37.3 Å². The second kappa shape index (κ2) is 6.38. The van der Waals surface area contributed by atoms with E-state index in [0.29, 0.717) is 5.56 Å². The molecule has 0 aliphatic carbocycles. The summed E-state index contributed by atoms with van der Waals surface area (Å²) in [6, 6.07) is 12.5. The quantitative estimate of drug-likeness (QED) is 0.887. The first-order chi connectivity index (χ1) is 11.1. The minimum Gasteiger partial charge on any atom is -0.507 e. The summed E-state index contributed by atoms with van der Waals surface area (Å²) in [6.45, 7) is 2.98. The van der Waals surface area contributed by atoms with Crippen molar-refractivity contribution < 1.29 is 15.0 Å². The third kappa shape index (κ3) is 3.05. The molecule has 1 aliphatic rings. The Morgan fingerprint density at radius 3 is 2.83 bits per heavy atom. The number of carbonyl (C=O) groups is 1. The van der Waals surface area contributed by atoms with Crippen molar-refractivity contribution in [2.75, 3.05) is 11.4 Å². The third-order valence-corrected chi connectivity index (χ3v) is 5.04. The van der Waals surface area contributed by atoms with E-state index < -0.39 is 5.97 Å². The molecule has 0 spiro atoms. The maximum absolute atomic E-state index is 11.1. The number of hydrogen-bond donors (Lipinski definition) is 2. The molecular weight excluding hydrogens is 310 g/mol. The molecule has 2 N–H and O–H groups in total. The average molecular weight is 327 g/mol. The summed E-state index contributed by atoms with van der Waals surface area (Å²) in [7, 11) is 0. The van der Waals surface area contributed by atoms with Crippen molar-refractivity contribution in [1.29, 1.82) is 0 Å². The number of thioether (sulfide) groups is 1. The molecule has 23 heavy (non-hydrogen) atoms. The van der Waals surface area contributed by atoms with Gasteiger partial charge in [-0.25, -0.2) is 4.79 Å². The predicted molar refractivity (Wildman–Crippen MR) is 93.2 cm³/mol. The molecule has 3 rings (SSSR count). The van der Waals surface area contributed by atoms with Gasteiger partial charge >= 0.3 is 5.97 Å². The largest absolute Gasteiger partial charge is 0.507 e. The molecule has 0 amide bonds. The van der Waals surface area contributed by atoms with E-state index >= 15 is 0 Å². The molecule has 1 unspecified atom stereocenters. The third-order valence-electron chi connectivity index (χ3n) is 3.79. The molecule has 4 nitrogen and oxygen atoms in total. The van der Waals surface area contributed by atoms with Gasteiger partial charge in [0.15, 0.2) is 0 Å². The van der Waals surface area contributed by atoms with E-state index in [4.69, 9.17) is 5.11 Å². The number of nitrogens with zero attached hydrogens (tertiary/aromatic N) is 1. The van der Waals surface area contributed by atoms with Gasteiger partial charge in [-0.1, -0.05) is 36.0 Å². The minimum absolute atomic E-state index is 0.0785. The monoisotopic (exact) mass is 327 g/mol. The highest BCUT2D eigenvalue weighted by molar-refractivity contribution is 8.00. The molecule has 1 atom stereocenters. The van der Waals surface area contributed by atoms with Crippen molar-refractivity contribution in [3.8, 4) is 5.75 Å². The zero-order valence-electron chi connectivity index (χ0n) is 12.6. The number of likely N-dealkylation sites (N-methyl/N-ethyl adjacent to an activating group) is 1. The number of carboxylic acid groups (broad SMARTS) is 1. The van der Waals surface area contributed by atoms with Crippen molar-refractivity contribution in [2.24, 2.45) is 0 Å². The topological polar surface area (TPSA) is 60.8 Å². The molecule has 1 aliphatic heterocycles. The van der Waals surface area contributed by atoms with E-state index in [0.717, 1.165) is 6.54 Å². The number of phenolic OH excluding ortho intramolecular Hbond substituents is 1. The van der Waals surface area contributed by atoms with Crippen LogP contribution in [0.2, 0.25) is 0 Å². The molecule has 2 aromatic rings. The van der Waals surface area contributed by atoms with Gasteiger partial charge in [0, 0.05) is 17.0 Å². The Kier molecular flexibility index (Phi) is 4.30. The summed E-state index contributed by atoms with van der Waals surface area (Å²) in [5.41, 5.74) is 1.88. The molecule has 1 heterocycles. The standard InChI is InChI=1S/C18H17NO3S/c1-2-19-14-5-3-4-6-16(14)23-17(19)10-8-12-11-13(18(21)22)7-9-15(12)20/h3-11,17,20H,2H2,1H3,(H,21,22)/b10-8+. The zero-order valence-corrected chi connectivity index (χ0v) is 13.5. The lowest BCUT2D eigenvalue weighted by Crippen LogP contribution is -2.27. The molecule has 0 saturated carbocycles. The summed E-state index contributed by atoms with van der Waals surface area (Å²) < 4.78 is 0. The Labute approximate surface area is 139 Å². The molecule has 2 aromatic carbocycles. The van der Waals surface area contributed by atoms with Crippen LogP contribution < -0.4 is 4.90 Å². The van der Waals surface area contributed by atoms with Crippen LogP contribution in [0.15, 0.2) is 53.4 Å². The van der Waals surface area contributed by atoms with Gasteiger partial charge in [0.2, 0.25) is 0 Å². The number of phenols is 1. The number of aromatic carboxylic acids is 1. The number of rotatable bonds is 4. The zero-order chi connectivity index (χ0) is 16.4. The number of carboxylic acids is 1. The number of fused-ring (bicyclic) bond motifs is 1. The fourth-order valence-corrected chi connectivity index (χ4v) is 3.90. The van der Waals surface area contributed by atoms with Crippen molar-refractivity contribution in [3.63, 3.8) is 0 Å². The Balaban J connectivity index is 1.87. The Hall–Kier alpha value is -2.40. The maximum atomic E-state index is 11.1. The van der Waals surface area contributed by atoms with Crippen molar-refractivity contribution >= 4 is 29.5 Å². The second-order valence-corrected chi connectivity index (χ2v) is 6.36. The van der Waals surface area contributed by atoms with Crippen LogP contribution in [-0.2, 0) is 0 Å². The molecule has 118 valence electrons. The Morgan fingerprint density at radius 2 is 2.09 bits per heavy atom. The predicted octanol–water partition coefficient (Wildman–Crippen LogP) is 4.06. The number of aromatic hydroxyl groups is 1. The minimum atomic E-state index is -1.00. The molecule has 0 fully saturated rings. The van der Waals surface area contributed by atoms with Crippen LogP contribution in [0.25, 0.3) is 6.08 Å². The Bertz CT molecular complexity index is 773. The van der Waals surface area contributed by atoms with Crippen LogP contribution in [0.1, 0.15) is 22.8 Å². The van der Waals surface area contributed by atoms with E-state index in [1.165, 1.54) is 28.8 Å². The fraction of sp³-hybridized carbons (Fsp3) is 0.167. The van der Waals surface area contributed by atoms with E-state index in [1.807, 2.05) is 18.2 Å². The van der Waals surface area contributed by atoms with Crippen LogP contribution in [0.4, 0.5) is 5.69 Å². The van der Waals surface area contributed by atoms with Crippen LogP contribution in [-0.4, -0.2) is 28.1 Å². The van der Waals surface area contributed by atoms with Gasteiger partial charge in [0.05, 0.1) is 16.6 Å². The van der Waals surface area contributed by atoms with E-state index in [1.54, 1.807) is 17.8 Å². The van der Waals surface area contributed by atoms with E-state index in [9.17, 15) is 9.90 Å². The summed E-state index contributed by atoms with van der Waals surface area (Å²) in [6.07, 6.45) is 3.78. The first-order valence-corrected chi connectivity index (χ1v) is 8.25. The molecule has 0 radical (unpaired) electrons. The van der Waals surface area contributed by atoms with Crippen LogP contribution in [0, 0.1) is 0 Å². The lowest BCUT2D eigenvalue weighted by molar-refractivity contribution is 0.0697. The van der Waals surface area contributed by atoms with Gasteiger partial charge in [0.1, 0.15) is 5.75 Å². The number of para-hydroxylation sites is 1.